The highest BCUT2D eigenvalue weighted by atomic mass is 16.7. The minimum absolute atomic E-state index is 0.0307. The summed E-state index contributed by atoms with van der Waals surface area (Å²) in [4.78, 5) is 0. The summed E-state index contributed by atoms with van der Waals surface area (Å²) >= 11 is 0. The van der Waals surface area contributed by atoms with E-state index < -0.39 is 0 Å². The first-order chi connectivity index (χ1) is 5.77. The Kier molecular flexibility index (Phi) is 3.94. The molecule has 1 aliphatic heterocycles. The highest BCUT2D eigenvalue weighted by Gasteiger charge is 2.27. The van der Waals surface area contributed by atoms with Crippen molar-refractivity contribution in [2.45, 2.75) is 31.3 Å². The van der Waals surface area contributed by atoms with Gasteiger partial charge in [-0.2, -0.15) is 0 Å². The van der Waals surface area contributed by atoms with E-state index in [1.54, 1.807) is 7.11 Å². The molecule has 1 fully saturated rings. The molecule has 3 atom stereocenters. The maximum Gasteiger partial charge on any atom is 0.172 e. The first-order valence-electron chi connectivity index (χ1n) is 4.36. The van der Waals surface area contributed by atoms with Crippen LogP contribution in [0.4, 0.5) is 0 Å². The number of likely N-dealkylation sites (N-methyl/N-ethyl adjacent to an activating group) is 1. The summed E-state index contributed by atoms with van der Waals surface area (Å²) in [5.41, 5.74) is 5.78. The Morgan fingerprint density at radius 2 is 2.33 bits per heavy atom. The number of ether oxygens (including phenoxy) is 2. The predicted molar refractivity (Wildman–Crippen MR) is 46.8 cm³/mol. The van der Waals surface area contributed by atoms with E-state index in [1.807, 2.05) is 7.05 Å². The van der Waals surface area contributed by atoms with E-state index in [0.29, 0.717) is 0 Å². The van der Waals surface area contributed by atoms with Crippen LogP contribution < -0.4 is 11.1 Å². The summed E-state index contributed by atoms with van der Waals surface area (Å²) in [6.45, 7) is 0.868. The second-order valence-corrected chi connectivity index (χ2v) is 3.16. The van der Waals surface area contributed by atoms with Gasteiger partial charge >= 0.3 is 0 Å². The van der Waals surface area contributed by atoms with E-state index in [1.165, 1.54) is 0 Å². The lowest BCUT2D eigenvalue weighted by Gasteiger charge is -2.33. The smallest absolute Gasteiger partial charge is 0.172 e. The van der Waals surface area contributed by atoms with Gasteiger partial charge in [-0.1, -0.05) is 0 Å². The lowest BCUT2D eigenvalue weighted by Crippen LogP contribution is -2.47. The maximum absolute atomic E-state index is 5.78. The zero-order chi connectivity index (χ0) is 8.97. The van der Waals surface area contributed by atoms with Crippen LogP contribution in [-0.2, 0) is 9.47 Å². The molecule has 0 unspecified atom stereocenters. The molecule has 4 nitrogen and oxygen atoms in total. The molecule has 1 aliphatic rings. The molecule has 1 rings (SSSR count). The summed E-state index contributed by atoms with van der Waals surface area (Å²) in [7, 11) is 3.55. The number of hydrogen-bond donors (Lipinski definition) is 2. The molecule has 0 aliphatic carbocycles. The van der Waals surface area contributed by atoms with E-state index in [4.69, 9.17) is 15.2 Å². The van der Waals surface area contributed by atoms with Gasteiger partial charge in [-0.15, -0.1) is 0 Å². The summed E-state index contributed by atoms with van der Waals surface area (Å²) in [6, 6.07) is 0.0307. The molecule has 4 heteroatoms. The van der Waals surface area contributed by atoms with Gasteiger partial charge in [-0.25, -0.2) is 0 Å². The third-order valence-corrected chi connectivity index (χ3v) is 2.16. The van der Waals surface area contributed by atoms with Gasteiger partial charge in [0.05, 0.1) is 12.1 Å². The van der Waals surface area contributed by atoms with Gasteiger partial charge in [-0.05, 0) is 19.9 Å². The van der Waals surface area contributed by atoms with Crippen LogP contribution in [0.3, 0.4) is 0 Å². The number of nitrogens with two attached hydrogens (primary N) is 1. The minimum Gasteiger partial charge on any atom is -0.354 e. The molecule has 1 heterocycles. The van der Waals surface area contributed by atoms with Crippen molar-refractivity contribution in [3.8, 4) is 0 Å². The average molecular weight is 174 g/mol. The minimum atomic E-state index is -0.225. The molecule has 3 N–H and O–H groups in total. The van der Waals surface area contributed by atoms with Gasteiger partial charge in [0.2, 0.25) is 0 Å². The normalized spacial score (nSPS) is 36.8. The van der Waals surface area contributed by atoms with Crippen molar-refractivity contribution in [2.24, 2.45) is 5.73 Å². The van der Waals surface area contributed by atoms with Crippen LogP contribution in [0, 0.1) is 0 Å². The molecule has 12 heavy (non-hydrogen) atoms. The largest absolute Gasteiger partial charge is 0.354 e. The fraction of sp³-hybridized carbons (Fsp3) is 1.00. The number of nitrogens with one attached hydrogen (secondary N) is 1. The molecule has 0 bridgehead atoms. The third kappa shape index (κ3) is 2.42. The van der Waals surface area contributed by atoms with Crippen molar-refractivity contribution in [1.29, 1.82) is 0 Å². The van der Waals surface area contributed by atoms with Gasteiger partial charge in [0.1, 0.15) is 0 Å². The van der Waals surface area contributed by atoms with Crippen LogP contribution in [0.25, 0.3) is 0 Å². The standard InChI is InChI=1S/C8H18N2O2/c1-10-5-6-3-4-7(9)8(11-2)12-6/h6-8,10H,3-5,9H2,1-2H3/t6-,7+,8-/m0/s1. The zero-order valence-electron chi connectivity index (χ0n) is 7.75. The van der Waals surface area contributed by atoms with Crippen LogP contribution in [0.2, 0.25) is 0 Å². The number of methoxy groups -OCH3 is 1. The van der Waals surface area contributed by atoms with E-state index in [0.717, 1.165) is 19.4 Å². The first-order valence-corrected chi connectivity index (χ1v) is 4.36. The van der Waals surface area contributed by atoms with Crippen molar-refractivity contribution in [3.05, 3.63) is 0 Å². The van der Waals surface area contributed by atoms with Crippen LogP contribution >= 0.6 is 0 Å². The molecule has 0 aromatic rings. The van der Waals surface area contributed by atoms with E-state index in [2.05, 4.69) is 5.32 Å². The third-order valence-electron chi connectivity index (χ3n) is 2.16. The average Bonchev–Trinajstić information content (AvgIpc) is 2.09. The molecule has 0 aromatic heterocycles. The van der Waals surface area contributed by atoms with Crippen molar-refractivity contribution >= 4 is 0 Å². The van der Waals surface area contributed by atoms with Crippen LogP contribution in [-0.4, -0.2) is 39.1 Å². The maximum atomic E-state index is 5.78. The van der Waals surface area contributed by atoms with E-state index in [9.17, 15) is 0 Å². The molecule has 0 aromatic carbocycles. The fourth-order valence-corrected chi connectivity index (χ4v) is 1.48. The highest BCUT2D eigenvalue weighted by Crippen LogP contribution is 2.17. The Bertz CT molecular complexity index is 132. The molecule has 1 saturated heterocycles. The van der Waals surface area contributed by atoms with Crippen molar-refractivity contribution in [2.75, 3.05) is 20.7 Å². The van der Waals surface area contributed by atoms with Gasteiger partial charge in [-0.3, -0.25) is 0 Å². The first kappa shape index (κ1) is 9.92. The summed E-state index contributed by atoms with van der Waals surface area (Å²) in [5, 5.41) is 3.08. The van der Waals surface area contributed by atoms with Gasteiger partial charge in [0.25, 0.3) is 0 Å². The molecular weight excluding hydrogens is 156 g/mol. The Labute approximate surface area is 73.4 Å². The van der Waals surface area contributed by atoms with Gasteiger partial charge < -0.3 is 20.5 Å². The lowest BCUT2D eigenvalue weighted by atomic mass is 10.0. The van der Waals surface area contributed by atoms with Crippen molar-refractivity contribution < 1.29 is 9.47 Å². The summed E-state index contributed by atoms with van der Waals surface area (Å²) in [5.74, 6) is 0. The van der Waals surface area contributed by atoms with E-state index in [-0.39, 0.29) is 18.4 Å². The van der Waals surface area contributed by atoms with Crippen molar-refractivity contribution in [1.82, 2.24) is 5.32 Å². The quantitative estimate of drug-likeness (QED) is 0.616. The fourth-order valence-electron chi connectivity index (χ4n) is 1.48. The Balaban J connectivity index is 2.33. The van der Waals surface area contributed by atoms with Crippen molar-refractivity contribution in [3.63, 3.8) is 0 Å². The number of hydrogen-bond acceptors (Lipinski definition) is 4. The highest BCUT2D eigenvalue weighted by molar-refractivity contribution is 4.76. The molecule has 0 saturated carbocycles. The lowest BCUT2D eigenvalue weighted by molar-refractivity contribution is -0.187. The van der Waals surface area contributed by atoms with Gasteiger partial charge in [0.15, 0.2) is 6.29 Å². The number of rotatable bonds is 3. The van der Waals surface area contributed by atoms with Gasteiger partial charge in [0, 0.05) is 13.7 Å². The summed E-state index contributed by atoms with van der Waals surface area (Å²) < 4.78 is 10.7. The molecule has 0 spiro atoms. The Morgan fingerprint density at radius 1 is 1.58 bits per heavy atom. The Hall–Kier alpha value is -0.160. The molecule has 72 valence electrons. The second-order valence-electron chi connectivity index (χ2n) is 3.16. The van der Waals surface area contributed by atoms with E-state index >= 15 is 0 Å². The van der Waals surface area contributed by atoms with Crippen LogP contribution in [0.1, 0.15) is 12.8 Å². The molecule has 0 radical (unpaired) electrons. The Morgan fingerprint density at radius 3 is 2.92 bits per heavy atom. The second kappa shape index (κ2) is 4.77. The monoisotopic (exact) mass is 174 g/mol. The van der Waals surface area contributed by atoms with Crippen LogP contribution in [0.5, 0.6) is 0 Å². The van der Waals surface area contributed by atoms with Crippen LogP contribution in [0.15, 0.2) is 0 Å². The zero-order valence-corrected chi connectivity index (χ0v) is 7.75. The molecule has 0 amide bonds. The topological polar surface area (TPSA) is 56.5 Å². The predicted octanol–water partition coefficient (Wildman–Crippen LogP) is -0.315. The molecular formula is C8H18N2O2. The summed E-state index contributed by atoms with van der Waals surface area (Å²) in [6.07, 6.45) is 2.02. The SMILES string of the molecule is CNC[C@@H]1CC[C@@H](N)[C@@H](OC)O1.